The lowest BCUT2D eigenvalue weighted by molar-refractivity contribution is 1.06. The fourth-order valence-electron chi connectivity index (χ4n) is 5.95. The molecule has 0 aliphatic carbocycles. The molecule has 4 aromatic heterocycles. The first kappa shape index (κ1) is 18.6. The van der Waals surface area contributed by atoms with Crippen molar-refractivity contribution in [3.8, 4) is 0 Å². The van der Waals surface area contributed by atoms with Crippen molar-refractivity contribution in [2.45, 2.75) is 48.3 Å². The van der Waals surface area contributed by atoms with E-state index in [4.69, 9.17) is 18.2 Å². The summed E-state index contributed by atoms with van der Waals surface area (Å²) < 4.78 is 55.8. The van der Waals surface area contributed by atoms with Gasteiger partial charge in [0.25, 0.3) is 0 Å². The van der Waals surface area contributed by atoms with Crippen LogP contribution in [0.5, 0.6) is 0 Å². The van der Waals surface area contributed by atoms with Gasteiger partial charge in [0.05, 0.1) is 17.1 Å². The second-order valence-electron chi connectivity index (χ2n) is 10.6. The highest BCUT2D eigenvalue weighted by atomic mass is 15.3. The van der Waals surface area contributed by atoms with Crippen LogP contribution < -0.4 is 4.90 Å². The molecule has 5 heteroatoms. The number of benzene rings is 3. The lowest BCUT2D eigenvalue weighted by Gasteiger charge is -2.29. The number of pyridine rings is 2. The molecule has 0 saturated heterocycles. The smallest absolute Gasteiger partial charge is 0.161 e. The summed E-state index contributed by atoms with van der Waals surface area (Å²) in [4.78, 5) is 11.8. The van der Waals surface area contributed by atoms with Gasteiger partial charge in [-0.05, 0) is 99.0 Å². The van der Waals surface area contributed by atoms with E-state index >= 15 is 0 Å². The van der Waals surface area contributed by atoms with Crippen LogP contribution in [-0.4, -0.2) is 18.8 Å². The van der Waals surface area contributed by atoms with Crippen LogP contribution in [0.1, 0.15) is 47.4 Å². The van der Waals surface area contributed by atoms with E-state index in [0.29, 0.717) is 17.0 Å². The minimum Gasteiger partial charge on any atom is -0.302 e. The highest BCUT2D eigenvalue weighted by molar-refractivity contribution is 5.97. The van der Waals surface area contributed by atoms with E-state index in [-0.39, 0.29) is 23.0 Å². The average molecular weight is 530 g/mol. The second kappa shape index (κ2) is 8.68. The summed E-state index contributed by atoms with van der Waals surface area (Å²) >= 11 is 0. The third kappa shape index (κ3) is 3.27. The number of imidazole rings is 2. The summed E-state index contributed by atoms with van der Waals surface area (Å²) in [5, 5.41) is 3.38. The van der Waals surface area contributed by atoms with Crippen molar-refractivity contribution in [1.82, 2.24) is 18.8 Å². The molecule has 4 heterocycles. The lowest BCUT2D eigenvalue weighted by Crippen LogP contribution is -2.18. The standard InChI is InChI=1S/C35H33N5/c1-20-21(2)23(4)31(24(5)22(20)3)40(32-25(6)38-18-16-27-12-8-10-14-29(27)34(38)36-32)33-26(7)39-19-17-28-13-9-11-15-30(28)35(39)37-33/h8-19H,1-7H3/i6D3,7D3. The van der Waals surface area contributed by atoms with Gasteiger partial charge in [-0.15, -0.1) is 0 Å². The summed E-state index contributed by atoms with van der Waals surface area (Å²) in [5.74, 6) is 0.229. The number of aryl methyl sites for hydroxylation is 2. The van der Waals surface area contributed by atoms with E-state index in [2.05, 4.69) is 6.92 Å². The minimum atomic E-state index is -2.61. The van der Waals surface area contributed by atoms with Gasteiger partial charge in [0.2, 0.25) is 0 Å². The molecule has 0 aliphatic heterocycles. The molecule has 7 aromatic rings. The molecule has 0 bridgehead atoms. The average Bonchev–Trinajstić information content (AvgIpc) is 3.61. The lowest BCUT2D eigenvalue weighted by atomic mass is 9.92. The van der Waals surface area contributed by atoms with Gasteiger partial charge in [-0.25, -0.2) is 9.97 Å². The third-order valence-corrected chi connectivity index (χ3v) is 8.60. The summed E-state index contributed by atoms with van der Waals surface area (Å²) in [7, 11) is 0. The molecule has 7 rings (SSSR count). The third-order valence-electron chi connectivity index (χ3n) is 8.60. The van der Waals surface area contributed by atoms with Crippen LogP contribution in [0.25, 0.3) is 32.8 Å². The summed E-state index contributed by atoms with van der Waals surface area (Å²) in [6, 6.07) is 19.1. The van der Waals surface area contributed by atoms with Crippen molar-refractivity contribution in [2.24, 2.45) is 0 Å². The van der Waals surface area contributed by atoms with E-state index in [9.17, 15) is 0 Å². The predicted octanol–water partition coefficient (Wildman–Crippen LogP) is 8.92. The molecule has 0 radical (unpaired) electrons. The van der Waals surface area contributed by atoms with Gasteiger partial charge in [0.15, 0.2) is 11.6 Å². The van der Waals surface area contributed by atoms with Crippen LogP contribution in [0.15, 0.2) is 73.1 Å². The van der Waals surface area contributed by atoms with Crippen LogP contribution >= 0.6 is 0 Å². The summed E-state index contributed by atoms with van der Waals surface area (Å²) in [5.41, 5.74) is 6.48. The number of hydrogen-bond acceptors (Lipinski definition) is 3. The molecular formula is C35H33N5. The quantitative estimate of drug-likeness (QED) is 0.229. The molecule has 0 saturated carbocycles. The largest absolute Gasteiger partial charge is 0.302 e. The zero-order valence-corrected chi connectivity index (χ0v) is 23.2. The molecule has 0 aliphatic rings. The molecule has 0 atom stereocenters. The molecular weight excluding hydrogens is 490 g/mol. The van der Waals surface area contributed by atoms with Crippen molar-refractivity contribution in [3.05, 3.63) is 112 Å². The van der Waals surface area contributed by atoms with Crippen LogP contribution in [0.4, 0.5) is 17.3 Å². The first-order valence-corrected chi connectivity index (χ1v) is 13.4. The molecule has 40 heavy (non-hydrogen) atoms. The number of aromatic nitrogens is 4. The number of anilines is 3. The summed E-state index contributed by atoms with van der Waals surface area (Å²) in [6.45, 7) is 4.87. The Hall–Kier alpha value is -4.64. The topological polar surface area (TPSA) is 37.8 Å². The Morgan fingerprint density at radius 1 is 0.575 bits per heavy atom. The van der Waals surface area contributed by atoms with Crippen molar-refractivity contribution >= 4 is 50.2 Å². The van der Waals surface area contributed by atoms with Crippen molar-refractivity contribution in [3.63, 3.8) is 0 Å². The van der Waals surface area contributed by atoms with Gasteiger partial charge < -0.3 is 8.80 Å². The first-order valence-electron chi connectivity index (χ1n) is 16.4. The highest BCUT2D eigenvalue weighted by Crippen LogP contribution is 2.44. The normalized spacial score (nSPS) is 14.7. The Labute approximate surface area is 242 Å². The Kier molecular flexibility index (Phi) is 4.04. The minimum absolute atomic E-state index is 0.0265. The van der Waals surface area contributed by atoms with E-state index in [0.717, 1.165) is 49.4 Å². The first-order chi connectivity index (χ1) is 21.7. The highest BCUT2D eigenvalue weighted by Gasteiger charge is 2.29. The van der Waals surface area contributed by atoms with E-state index < -0.39 is 13.7 Å². The predicted molar refractivity (Wildman–Crippen MR) is 167 cm³/mol. The van der Waals surface area contributed by atoms with Gasteiger partial charge in [-0.1, -0.05) is 48.5 Å². The van der Waals surface area contributed by atoms with Gasteiger partial charge in [-0.3, -0.25) is 4.90 Å². The van der Waals surface area contributed by atoms with E-state index in [1.165, 1.54) is 0 Å². The number of nitrogens with zero attached hydrogens (tertiary/aromatic N) is 5. The van der Waals surface area contributed by atoms with Crippen molar-refractivity contribution in [2.75, 3.05) is 4.90 Å². The van der Waals surface area contributed by atoms with Crippen molar-refractivity contribution in [1.29, 1.82) is 0 Å². The number of fused-ring (bicyclic) bond motifs is 6. The fraction of sp³-hybridized carbons (Fsp3) is 0.200. The van der Waals surface area contributed by atoms with E-state index in [1.807, 2.05) is 88.4 Å². The van der Waals surface area contributed by atoms with E-state index in [1.54, 1.807) is 26.1 Å². The van der Waals surface area contributed by atoms with Crippen molar-refractivity contribution < 1.29 is 8.22 Å². The Bertz CT molecular complexity index is 2200. The molecule has 0 fully saturated rings. The Balaban J connectivity index is 1.72. The molecule has 5 nitrogen and oxygen atoms in total. The molecule has 0 unspecified atom stereocenters. The zero-order valence-electron chi connectivity index (χ0n) is 29.2. The molecule has 0 amide bonds. The molecule has 0 spiro atoms. The maximum Gasteiger partial charge on any atom is 0.161 e. The molecule has 3 aromatic carbocycles. The van der Waals surface area contributed by atoms with Crippen LogP contribution in [0.3, 0.4) is 0 Å². The summed E-state index contributed by atoms with van der Waals surface area (Å²) in [6.07, 6.45) is 3.45. The molecule has 0 N–H and O–H groups in total. The maximum absolute atomic E-state index is 8.77. The number of hydrogen-bond donors (Lipinski definition) is 0. The SMILES string of the molecule is [2H]C([2H])([2H])c1c(N(c2nc3c4ccccc4ccn3c2C([2H])([2H])[2H])c2c(C)c(C)c(C)c(C)c2C)nc2c3ccccc3ccn12. The van der Waals surface area contributed by atoms with Crippen LogP contribution in [0.2, 0.25) is 0 Å². The van der Waals surface area contributed by atoms with Crippen LogP contribution in [-0.2, 0) is 0 Å². The van der Waals surface area contributed by atoms with Gasteiger partial charge in [-0.2, -0.15) is 0 Å². The van der Waals surface area contributed by atoms with Crippen LogP contribution in [0, 0.1) is 48.3 Å². The zero-order chi connectivity index (χ0) is 32.9. The monoisotopic (exact) mass is 529 g/mol. The van der Waals surface area contributed by atoms with Gasteiger partial charge in [0.1, 0.15) is 11.3 Å². The number of rotatable bonds is 3. The Morgan fingerprint density at radius 2 is 1.00 bits per heavy atom. The van der Waals surface area contributed by atoms with Gasteiger partial charge >= 0.3 is 0 Å². The molecule has 198 valence electrons. The second-order valence-corrected chi connectivity index (χ2v) is 10.6. The fourth-order valence-corrected chi connectivity index (χ4v) is 5.95. The van der Waals surface area contributed by atoms with Gasteiger partial charge in [0, 0.05) is 31.4 Å². The maximum atomic E-state index is 8.77. The Morgan fingerprint density at radius 3 is 1.45 bits per heavy atom.